The Morgan fingerprint density at radius 2 is 1.55 bits per heavy atom. The predicted octanol–water partition coefficient (Wildman–Crippen LogP) is 6.61. The Morgan fingerprint density at radius 1 is 0.849 bits per heavy atom. The van der Waals surface area contributed by atoms with Gasteiger partial charge in [-0.1, -0.05) is 24.8 Å². The number of allylic oxidation sites excluding steroid dienone is 8. The van der Waals surface area contributed by atoms with Crippen molar-refractivity contribution in [2.75, 3.05) is 21.3 Å². The van der Waals surface area contributed by atoms with E-state index in [1.807, 2.05) is 52.0 Å². The van der Waals surface area contributed by atoms with Gasteiger partial charge in [0.25, 0.3) is 0 Å². The molecule has 2 aromatic rings. The number of aliphatic carboxylic acids is 1. The first-order chi connectivity index (χ1) is 25.3. The zero-order valence-corrected chi connectivity index (χ0v) is 30.9. The number of aromatic amines is 2. The Balaban J connectivity index is 1.76. The molecule has 0 aromatic carbocycles. The summed E-state index contributed by atoms with van der Waals surface area (Å²) in [4.78, 5) is 68.1. The van der Waals surface area contributed by atoms with Gasteiger partial charge in [-0.05, 0) is 98.2 Å². The predicted molar refractivity (Wildman–Crippen MR) is 200 cm³/mol. The molecule has 0 amide bonds. The Morgan fingerprint density at radius 3 is 2.21 bits per heavy atom. The highest BCUT2D eigenvalue weighted by molar-refractivity contribution is 6.02. The largest absolute Gasteiger partial charge is 0.481 e. The number of nitrogens with one attached hydrogen (secondary N) is 2. The van der Waals surface area contributed by atoms with Gasteiger partial charge in [-0.3, -0.25) is 14.4 Å². The van der Waals surface area contributed by atoms with Gasteiger partial charge in [-0.25, -0.2) is 14.8 Å². The zero-order chi connectivity index (χ0) is 38.4. The first-order valence-corrected chi connectivity index (χ1v) is 17.2. The smallest absolute Gasteiger partial charge is 0.334 e. The SMILES string of the molecule is C=CC1=C(C)c2cc3[nH]c(cc4nc(cc5[nH]c(cc1n2)c(C)c5CCC(=O)OC)C(CCC(=O)O)=C4C)[C@]1(C)C3=CC=C(C(=O)OC)C1C(=O)OC. The van der Waals surface area contributed by atoms with Crippen LogP contribution < -0.4 is 0 Å². The molecule has 2 aromatic heterocycles. The van der Waals surface area contributed by atoms with Crippen molar-refractivity contribution >= 4 is 62.8 Å². The van der Waals surface area contributed by atoms with E-state index in [1.54, 1.807) is 18.2 Å². The van der Waals surface area contributed by atoms with Crippen LogP contribution in [0.25, 0.3) is 38.9 Å². The van der Waals surface area contributed by atoms with Gasteiger partial charge in [0.1, 0.15) is 5.92 Å². The topological polar surface area (TPSA) is 174 Å². The van der Waals surface area contributed by atoms with Crippen LogP contribution in [0, 0.1) is 12.8 Å². The number of aromatic nitrogens is 4. The molecular formula is C41H42N4O8. The fourth-order valence-corrected chi connectivity index (χ4v) is 7.70. The number of fused-ring (bicyclic) bond motifs is 11. The summed E-state index contributed by atoms with van der Waals surface area (Å²) >= 11 is 0. The van der Waals surface area contributed by atoms with Crippen LogP contribution >= 0.6 is 0 Å². The van der Waals surface area contributed by atoms with Gasteiger partial charge in [-0.2, -0.15) is 0 Å². The molecule has 5 heterocycles. The van der Waals surface area contributed by atoms with Crippen LogP contribution in [-0.4, -0.2) is 70.2 Å². The van der Waals surface area contributed by atoms with Crippen LogP contribution in [0.1, 0.15) is 85.3 Å². The molecule has 12 heteroatoms. The highest BCUT2D eigenvalue weighted by atomic mass is 16.5. The number of H-pyrrole nitrogens is 2. The van der Waals surface area contributed by atoms with Crippen molar-refractivity contribution in [3.05, 3.63) is 99.9 Å². The highest BCUT2D eigenvalue weighted by Crippen LogP contribution is 2.52. The Labute approximate surface area is 306 Å². The van der Waals surface area contributed by atoms with Crippen molar-refractivity contribution in [1.29, 1.82) is 0 Å². The molecule has 8 bridgehead atoms. The lowest BCUT2D eigenvalue weighted by Gasteiger charge is -2.36. The second kappa shape index (κ2) is 14.2. The highest BCUT2D eigenvalue weighted by Gasteiger charge is 2.53. The molecule has 3 N–H and O–H groups in total. The van der Waals surface area contributed by atoms with Crippen LogP contribution in [0.15, 0.2) is 54.6 Å². The van der Waals surface area contributed by atoms with Gasteiger partial charge in [0, 0.05) is 40.8 Å². The summed E-state index contributed by atoms with van der Waals surface area (Å²) in [6.07, 6.45) is 5.79. The second-order valence-corrected chi connectivity index (χ2v) is 13.5. The fraction of sp³-hybridized carbons (Fsp3) is 0.317. The Hall–Kier alpha value is -6.04. The van der Waals surface area contributed by atoms with Crippen LogP contribution in [0.4, 0.5) is 0 Å². The summed E-state index contributed by atoms with van der Waals surface area (Å²) in [5, 5.41) is 9.67. The Bertz CT molecular complexity index is 2320. The van der Waals surface area contributed by atoms with E-state index < -0.39 is 29.2 Å². The molecule has 274 valence electrons. The molecule has 2 atom stereocenters. The second-order valence-electron chi connectivity index (χ2n) is 13.5. The third-order valence-electron chi connectivity index (χ3n) is 10.7. The number of carbonyl (C=O) groups is 4. The van der Waals surface area contributed by atoms with E-state index >= 15 is 0 Å². The van der Waals surface area contributed by atoms with Gasteiger partial charge in [0.15, 0.2) is 0 Å². The van der Waals surface area contributed by atoms with Crippen LogP contribution in [0.5, 0.6) is 0 Å². The van der Waals surface area contributed by atoms with E-state index in [9.17, 15) is 24.3 Å². The molecule has 0 saturated carbocycles. The van der Waals surface area contributed by atoms with Crippen molar-refractivity contribution in [3.63, 3.8) is 0 Å². The first-order valence-electron chi connectivity index (χ1n) is 17.2. The van der Waals surface area contributed by atoms with Gasteiger partial charge in [0.05, 0.1) is 55.1 Å². The molecule has 0 saturated heterocycles. The maximum atomic E-state index is 13.7. The number of carboxylic acids is 1. The normalized spacial score (nSPS) is 18.4. The minimum Gasteiger partial charge on any atom is -0.481 e. The van der Waals surface area contributed by atoms with Crippen molar-refractivity contribution in [2.24, 2.45) is 5.92 Å². The number of rotatable bonds is 9. The number of ether oxygens (including phenoxy) is 3. The number of hydrogen-bond acceptors (Lipinski definition) is 9. The first kappa shape index (κ1) is 36.7. The van der Waals surface area contributed by atoms with Crippen LogP contribution in [-0.2, 0) is 45.2 Å². The van der Waals surface area contributed by atoms with E-state index in [-0.39, 0.29) is 30.8 Å². The van der Waals surface area contributed by atoms with E-state index in [0.717, 1.165) is 44.5 Å². The average Bonchev–Trinajstić information content (AvgIpc) is 3.79. The maximum Gasteiger partial charge on any atom is 0.334 e. The minimum atomic E-state index is -1.15. The standard InChI is InChI=1S/C41H42N4O8/c1-9-23-20(2)29-17-34-27-13-10-26(39(49)52-7)38(40(50)53-8)41(27,5)35(45-34)19-30-22(4)24(11-14-36(46)47)32(44-30)18-33-25(12-15-37(48)51-6)21(3)28(43-33)16-31(23)42-29/h9-10,13,16-19,38,43,45H,1,11-12,14-15H2,2-8H3,(H,46,47)/t38?,41-/m0/s1. The molecule has 12 nitrogen and oxygen atoms in total. The van der Waals surface area contributed by atoms with Crippen molar-refractivity contribution in [3.8, 4) is 0 Å². The number of methoxy groups -OCH3 is 3. The monoisotopic (exact) mass is 718 g/mol. The molecule has 1 aliphatic carbocycles. The minimum absolute atomic E-state index is 0.122. The van der Waals surface area contributed by atoms with Gasteiger partial charge >= 0.3 is 23.9 Å². The number of carboxylic acid groups (broad SMARTS) is 1. The molecule has 4 aliphatic rings. The number of aryl methyl sites for hydroxylation is 2. The molecule has 53 heavy (non-hydrogen) atoms. The molecular weight excluding hydrogens is 676 g/mol. The van der Waals surface area contributed by atoms with Gasteiger partial charge in [-0.15, -0.1) is 0 Å². The summed E-state index contributed by atoms with van der Waals surface area (Å²) in [7, 11) is 3.90. The Kier molecular flexibility index (Phi) is 9.83. The molecule has 0 fully saturated rings. The van der Waals surface area contributed by atoms with Crippen LogP contribution in [0.2, 0.25) is 0 Å². The van der Waals surface area contributed by atoms with E-state index in [4.69, 9.17) is 24.2 Å². The van der Waals surface area contributed by atoms with E-state index in [0.29, 0.717) is 46.1 Å². The lowest BCUT2D eigenvalue weighted by molar-refractivity contribution is -0.149. The van der Waals surface area contributed by atoms with Crippen molar-refractivity contribution in [2.45, 2.75) is 58.8 Å². The third-order valence-corrected chi connectivity index (χ3v) is 10.7. The third kappa shape index (κ3) is 6.28. The summed E-state index contributed by atoms with van der Waals surface area (Å²) in [5.74, 6) is -3.66. The van der Waals surface area contributed by atoms with Crippen LogP contribution in [0.3, 0.4) is 0 Å². The maximum absolute atomic E-state index is 13.7. The van der Waals surface area contributed by atoms with Gasteiger partial charge in [0.2, 0.25) is 0 Å². The molecule has 3 aliphatic heterocycles. The number of hydrogen-bond donors (Lipinski definition) is 3. The molecule has 0 spiro atoms. The summed E-state index contributed by atoms with van der Waals surface area (Å²) in [5.41, 5.74) is 9.93. The fourth-order valence-electron chi connectivity index (χ4n) is 7.70. The molecule has 6 rings (SSSR count). The number of esters is 3. The van der Waals surface area contributed by atoms with Gasteiger partial charge < -0.3 is 29.3 Å². The van der Waals surface area contributed by atoms with E-state index in [2.05, 4.69) is 16.5 Å². The quantitative estimate of drug-likeness (QED) is 0.189. The van der Waals surface area contributed by atoms with Crippen molar-refractivity contribution < 1.29 is 38.5 Å². The average molecular weight is 719 g/mol. The number of carbonyl (C=O) groups excluding carboxylic acids is 3. The van der Waals surface area contributed by atoms with E-state index in [1.165, 1.54) is 21.3 Å². The zero-order valence-electron chi connectivity index (χ0n) is 30.9. The van der Waals surface area contributed by atoms with Crippen molar-refractivity contribution in [1.82, 2.24) is 19.9 Å². The lowest BCUT2D eigenvalue weighted by atomic mass is 9.64. The lowest BCUT2D eigenvalue weighted by Crippen LogP contribution is -2.42. The molecule has 0 radical (unpaired) electrons. The summed E-state index contributed by atoms with van der Waals surface area (Å²) in [6.45, 7) is 11.8. The summed E-state index contributed by atoms with van der Waals surface area (Å²) in [6, 6.07) is 7.59. The molecule has 1 unspecified atom stereocenters. The number of nitrogens with zero attached hydrogens (tertiary/aromatic N) is 2. The summed E-state index contributed by atoms with van der Waals surface area (Å²) < 4.78 is 15.4.